The first-order chi connectivity index (χ1) is 15.8. The molecule has 0 saturated heterocycles. The van der Waals surface area contributed by atoms with Gasteiger partial charge in [0.1, 0.15) is 17.9 Å². The summed E-state index contributed by atoms with van der Waals surface area (Å²) in [6, 6.07) is 31.2. The summed E-state index contributed by atoms with van der Waals surface area (Å²) in [7, 11) is 0. The normalized spacial score (nSPS) is 11.2. The second kappa shape index (κ2) is 8.78. The molecule has 156 valence electrons. The molecule has 1 heterocycles. The van der Waals surface area contributed by atoms with Gasteiger partial charge in [0.2, 0.25) is 0 Å². The van der Waals surface area contributed by atoms with Crippen molar-refractivity contribution in [2.45, 2.75) is 6.61 Å². The van der Waals surface area contributed by atoms with Crippen molar-refractivity contribution in [1.82, 2.24) is 5.43 Å². The van der Waals surface area contributed by atoms with Crippen LogP contribution in [0.1, 0.15) is 21.7 Å². The van der Waals surface area contributed by atoms with Gasteiger partial charge in [-0.1, -0.05) is 60.7 Å². The number of nitrogens with zero attached hydrogens (tertiary/aromatic N) is 1. The number of amides is 1. The Bertz CT molecular complexity index is 1380. The third-order valence-corrected chi connectivity index (χ3v) is 5.18. The number of nitrogens with one attached hydrogen (secondary N) is 1. The molecule has 0 saturated carbocycles. The van der Waals surface area contributed by atoms with Gasteiger partial charge in [-0.3, -0.25) is 4.79 Å². The molecule has 0 unspecified atom stereocenters. The highest BCUT2D eigenvalue weighted by molar-refractivity contribution is 5.96. The predicted molar refractivity (Wildman–Crippen MR) is 126 cm³/mol. The highest BCUT2D eigenvalue weighted by Gasteiger charge is 2.10. The summed E-state index contributed by atoms with van der Waals surface area (Å²) in [4.78, 5) is 12.2. The predicted octanol–water partition coefficient (Wildman–Crippen LogP) is 5.93. The molecule has 0 fully saturated rings. The summed E-state index contributed by atoms with van der Waals surface area (Å²) >= 11 is 0. The van der Waals surface area contributed by atoms with E-state index in [1.165, 1.54) is 10.8 Å². The van der Waals surface area contributed by atoms with Gasteiger partial charge in [0, 0.05) is 5.39 Å². The molecule has 4 aromatic carbocycles. The van der Waals surface area contributed by atoms with Crippen molar-refractivity contribution in [3.63, 3.8) is 0 Å². The average Bonchev–Trinajstić information content (AvgIpc) is 3.28. The van der Waals surface area contributed by atoms with Crippen LogP contribution in [0, 0.1) is 0 Å². The van der Waals surface area contributed by atoms with E-state index in [9.17, 15) is 4.79 Å². The molecule has 0 aliphatic carbocycles. The van der Waals surface area contributed by atoms with Crippen LogP contribution in [-0.2, 0) is 6.61 Å². The summed E-state index contributed by atoms with van der Waals surface area (Å²) in [6.07, 6.45) is 1.58. The van der Waals surface area contributed by atoms with Gasteiger partial charge in [-0.15, -0.1) is 0 Å². The van der Waals surface area contributed by atoms with E-state index in [0.717, 1.165) is 22.3 Å². The number of carbonyl (C=O) groups is 1. The molecule has 1 N–H and O–H groups in total. The summed E-state index contributed by atoms with van der Waals surface area (Å²) < 4.78 is 11.5. The summed E-state index contributed by atoms with van der Waals surface area (Å²) in [5.74, 6) is 0.592. The number of furan rings is 1. The zero-order chi connectivity index (χ0) is 21.8. The molecular weight excluding hydrogens is 400 g/mol. The zero-order valence-corrected chi connectivity index (χ0v) is 17.2. The molecule has 5 aromatic rings. The van der Waals surface area contributed by atoms with Gasteiger partial charge in [0.15, 0.2) is 5.76 Å². The first-order valence-electron chi connectivity index (χ1n) is 10.3. The lowest BCUT2D eigenvalue weighted by atomic mass is 10.1. The number of fused-ring (bicyclic) bond motifs is 2. The zero-order valence-electron chi connectivity index (χ0n) is 17.2. The van der Waals surface area contributed by atoms with Crippen molar-refractivity contribution in [2.75, 3.05) is 0 Å². The minimum Gasteiger partial charge on any atom is -0.489 e. The quantitative estimate of drug-likeness (QED) is 0.274. The van der Waals surface area contributed by atoms with Gasteiger partial charge in [0.25, 0.3) is 0 Å². The standard InChI is InChI=1S/C27H20N2O3/c30-27(26-16-21-7-2-4-11-25(21)32-26)29-28-17-19-12-14-23(15-13-19)31-18-22-9-5-8-20-6-1-3-10-24(20)22/h1-17H,18H2,(H,29,30)/b28-17+. The maximum absolute atomic E-state index is 12.2. The molecule has 0 bridgehead atoms. The molecule has 1 aromatic heterocycles. The Balaban J connectivity index is 1.19. The molecule has 1 amide bonds. The van der Waals surface area contributed by atoms with Crippen LogP contribution in [0.15, 0.2) is 107 Å². The molecule has 0 aliphatic heterocycles. The van der Waals surface area contributed by atoms with Gasteiger partial charge >= 0.3 is 5.91 Å². The monoisotopic (exact) mass is 420 g/mol. The summed E-state index contributed by atoms with van der Waals surface area (Å²) in [5.41, 5.74) is 5.14. The number of ether oxygens (including phenoxy) is 1. The van der Waals surface area contributed by atoms with Crippen molar-refractivity contribution >= 4 is 33.9 Å². The molecule has 0 atom stereocenters. The molecule has 32 heavy (non-hydrogen) atoms. The van der Waals surface area contributed by atoms with Gasteiger partial charge in [-0.25, -0.2) is 5.43 Å². The molecule has 0 aliphatic rings. The fourth-order valence-electron chi connectivity index (χ4n) is 3.54. The Morgan fingerprint density at radius 2 is 1.62 bits per heavy atom. The molecule has 5 heteroatoms. The van der Waals surface area contributed by atoms with Gasteiger partial charge in [-0.2, -0.15) is 5.10 Å². The fourth-order valence-corrected chi connectivity index (χ4v) is 3.54. The van der Waals surface area contributed by atoms with Crippen LogP contribution >= 0.6 is 0 Å². The maximum Gasteiger partial charge on any atom is 0.307 e. The summed E-state index contributed by atoms with van der Waals surface area (Å²) in [6.45, 7) is 0.488. The van der Waals surface area contributed by atoms with Crippen molar-refractivity contribution in [3.8, 4) is 5.75 Å². The van der Waals surface area contributed by atoms with Gasteiger partial charge in [0.05, 0.1) is 6.21 Å². The molecule has 0 spiro atoms. The van der Waals surface area contributed by atoms with Crippen LogP contribution < -0.4 is 10.2 Å². The van der Waals surface area contributed by atoms with Gasteiger partial charge in [-0.05, 0) is 58.3 Å². The smallest absolute Gasteiger partial charge is 0.307 e. The van der Waals surface area contributed by atoms with E-state index >= 15 is 0 Å². The Morgan fingerprint density at radius 1 is 0.875 bits per heavy atom. The van der Waals surface area contributed by atoms with Crippen LogP contribution in [0.5, 0.6) is 5.75 Å². The number of benzene rings is 4. The van der Waals surface area contributed by atoms with E-state index in [-0.39, 0.29) is 5.76 Å². The summed E-state index contributed by atoms with van der Waals surface area (Å²) in [5, 5.41) is 7.29. The van der Waals surface area contributed by atoms with E-state index in [2.05, 4.69) is 34.8 Å². The third kappa shape index (κ3) is 4.23. The topological polar surface area (TPSA) is 63.8 Å². The Hall–Kier alpha value is -4.38. The van der Waals surface area contributed by atoms with Crippen molar-refractivity contribution in [2.24, 2.45) is 5.10 Å². The lowest BCUT2D eigenvalue weighted by Gasteiger charge is -2.09. The second-order valence-electron chi connectivity index (χ2n) is 7.34. The van der Waals surface area contributed by atoms with E-state index in [0.29, 0.717) is 12.2 Å². The van der Waals surface area contributed by atoms with Crippen LogP contribution in [-0.4, -0.2) is 12.1 Å². The molecule has 5 rings (SSSR count). The molecular formula is C27H20N2O3. The highest BCUT2D eigenvalue weighted by Crippen LogP contribution is 2.21. The van der Waals surface area contributed by atoms with Crippen LogP contribution in [0.3, 0.4) is 0 Å². The number of hydrogen-bond acceptors (Lipinski definition) is 4. The Labute approximate surface area is 184 Å². The first kappa shape index (κ1) is 19.6. The minimum atomic E-state index is -0.396. The SMILES string of the molecule is O=C(N/N=C/c1ccc(OCc2cccc3ccccc23)cc1)c1cc2ccccc2o1. The van der Waals surface area contributed by atoms with Crippen LogP contribution in [0.25, 0.3) is 21.7 Å². The average molecular weight is 420 g/mol. The lowest BCUT2D eigenvalue weighted by molar-refractivity contribution is 0.0929. The van der Waals surface area contributed by atoms with E-state index in [1.807, 2.05) is 66.7 Å². The minimum absolute atomic E-state index is 0.223. The Kier molecular flexibility index (Phi) is 5.37. The molecule has 5 nitrogen and oxygen atoms in total. The maximum atomic E-state index is 12.2. The van der Waals surface area contributed by atoms with Crippen molar-refractivity contribution < 1.29 is 13.9 Å². The van der Waals surface area contributed by atoms with E-state index in [4.69, 9.17) is 9.15 Å². The number of hydrogen-bond donors (Lipinski definition) is 1. The number of rotatable bonds is 6. The fraction of sp³-hybridized carbons (Fsp3) is 0.0370. The molecule has 0 radical (unpaired) electrons. The largest absolute Gasteiger partial charge is 0.489 e. The third-order valence-electron chi connectivity index (χ3n) is 5.18. The first-order valence-corrected chi connectivity index (χ1v) is 10.3. The van der Waals surface area contributed by atoms with Crippen LogP contribution in [0.4, 0.5) is 0 Å². The van der Waals surface area contributed by atoms with E-state index in [1.54, 1.807) is 12.3 Å². The van der Waals surface area contributed by atoms with Crippen molar-refractivity contribution in [3.05, 3.63) is 114 Å². The lowest BCUT2D eigenvalue weighted by Crippen LogP contribution is -2.16. The van der Waals surface area contributed by atoms with Crippen LogP contribution in [0.2, 0.25) is 0 Å². The highest BCUT2D eigenvalue weighted by atomic mass is 16.5. The van der Waals surface area contributed by atoms with Crippen molar-refractivity contribution in [1.29, 1.82) is 0 Å². The van der Waals surface area contributed by atoms with E-state index < -0.39 is 5.91 Å². The number of carbonyl (C=O) groups excluding carboxylic acids is 1. The number of hydrazone groups is 1. The number of para-hydroxylation sites is 1. The van der Waals surface area contributed by atoms with Gasteiger partial charge < -0.3 is 9.15 Å². The second-order valence-corrected chi connectivity index (χ2v) is 7.34. The Morgan fingerprint density at radius 3 is 2.47 bits per heavy atom.